The van der Waals surface area contributed by atoms with E-state index < -0.39 is 0 Å². The van der Waals surface area contributed by atoms with Crippen LogP contribution in [0.4, 0.5) is 0 Å². The molecule has 25 heavy (non-hydrogen) atoms. The molecule has 3 nitrogen and oxygen atoms in total. The molecule has 0 amide bonds. The van der Waals surface area contributed by atoms with Crippen LogP contribution in [-0.2, 0) is 0 Å². The number of likely N-dealkylation sites (tertiary alicyclic amines) is 1. The first-order valence-corrected chi connectivity index (χ1v) is 8.88. The lowest BCUT2D eigenvalue weighted by Gasteiger charge is -2.26. The first-order valence-electron chi connectivity index (χ1n) is 8.88. The van der Waals surface area contributed by atoms with Crippen molar-refractivity contribution in [1.82, 2.24) is 4.90 Å². The van der Waals surface area contributed by atoms with Crippen molar-refractivity contribution in [1.29, 1.82) is 0 Å². The van der Waals surface area contributed by atoms with E-state index in [1.54, 1.807) is 0 Å². The summed E-state index contributed by atoms with van der Waals surface area (Å²) in [7, 11) is 0. The van der Waals surface area contributed by atoms with Gasteiger partial charge in [-0.05, 0) is 56.6 Å². The summed E-state index contributed by atoms with van der Waals surface area (Å²) in [5.41, 5.74) is 1.41. The second kappa shape index (κ2) is 10.4. The number of rotatable bonds is 7. The Labute approximate surface area is 160 Å². The van der Waals surface area contributed by atoms with E-state index in [0.717, 1.165) is 25.3 Å². The van der Waals surface area contributed by atoms with Gasteiger partial charge >= 0.3 is 0 Å². The van der Waals surface area contributed by atoms with E-state index in [4.69, 9.17) is 4.74 Å². The van der Waals surface area contributed by atoms with Crippen molar-refractivity contribution in [2.45, 2.75) is 25.7 Å². The van der Waals surface area contributed by atoms with E-state index in [1.165, 1.54) is 32.4 Å². The molecule has 2 aromatic rings. The molecule has 3 rings (SSSR count). The Morgan fingerprint density at radius 1 is 0.880 bits per heavy atom. The molecule has 0 saturated carbocycles. The smallest absolute Gasteiger partial charge is 0.193 e. The Balaban J connectivity index is 0.00000225. The molecule has 0 aliphatic carbocycles. The molecule has 1 aliphatic heterocycles. The molecule has 0 bridgehead atoms. The van der Waals surface area contributed by atoms with Crippen molar-refractivity contribution in [3.63, 3.8) is 0 Å². The van der Waals surface area contributed by atoms with Crippen molar-refractivity contribution in [3.8, 4) is 5.75 Å². The monoisotopic (exact) mass is 402 g/mol. The highest BCUT2D eigenvalue weighted by Gasteiger charge is 2.10. The van der Waals surface area contributed by atoms with Gasteiger partial charge in [0.25, 0.3) is 0 Å². The standard InChI is InChI=1S/C21H25NO2.BrH/c23-21(18-8-3-1-4-9-18)19-10-12-20(13-11-19)24-17-7-16-22-14-5-2-6-15-22;/h1,3-4,8-13H,2,5-7,14-17H2;1H/p-1. The van der Waals surface area contributed by atoms with Gasteiger partial charge in [-0.2, -0.15) is 0 Å². The predicted molar refractivity (Wildman–Crippen MR) is 96.7 cm³/mol. The number of carbonyl (C=O) groups is 1. The van der Waals surface area contributed by atoms with Crippen LogP contribution in [-0.4, -0.2) is 36.9 Å². The van der Waals surface area contributed by atoms with Crippen molar-refractivity contribution >= 4 is 5.78 Å². The molecule has 0 unspecified atom stereocenters. The second-order valence-corrected chi connectivity index (χ2v) is 6.32. The number of piperidine rings is 1. The van der Waals surface area contributed by atoms with Crippen LogP contribution in [0, 0.1) is 0 Å². The molecule has 1 heterocycles. The number of ketones is 1. The SMILES string of the molecule is O=C(c1ccccc1)c1ccc(OCCCN2CCCCC2)cc1.[Br-]. The minimum atomic E-state index is 0. The van der Waals surface area contributed by atoms with Crippen LogP contribution in [0.2, 0.25) is 0 Å². The van der Waals surface area contributed by atoms with Gasteiger partial charge in [-0.25, -0.2) is 0 Å². The van der Waals surface area contributed by atoms with Gasteiger partial charge in [-0.15, -0.1) is 0 Å². The lowest BCUT2D eigenvalue weighted by Crippen LogP contribution is -3.00. The number of nitrogens with zero attached hydrogens (tertiary/aromatic N) is 1. The fourth-order valence-corrected chi connectivity index (χ4v) is 3.12. The van der Waals surface area contributed by atoms with E-state index >= 15 is 0 Å². The van der Waals surface area contributed by atoms with Crippen LogP contribution < -0.4 is 21.7 Å². The minimum Gasteiger partial charge on any atom is -1.00 e. The van der Waals surface area contributed by atoms with E-state index in [9.17, 15) is 4.79 Å². The molecule has 4 heteroatoms. The summed E-state index contributed by atoms with van der Waals surface area (Å²) < 4.78 is 5.80. The third-order valence-corrected chi connectivity index (χ3v) is 4.49. The first kappa shape index (κ1) is 19.7. The van der Waals surface area contributed by atoms with Gasteiger partial charge in [0, 0.05) is 17.7 Å². The van der Waals surface area contributed by atoms with Crippen molar-refractivity contribution in [2.75, 3.05) is 26.2 Å². The highest BCUT2D eigenvalue weighted by molar-refractivity contribution is 6.08. The lowest BCUT2D eigenvalue weighted by molar-refractivity contribution is -0.0000126. The average molecular weight is 403 g/mol. The molecule has 0 aromatic heterocycles. The van der Waals surface area contributed by atoms with Crippen molar-refractivity contribution in [3.05, 3.63) is 65.7 Å². The molecule has 1 saturated heterocycles. The molecule has 0 N–H and O–H groups in total. The van der Waals surface area contributed by atoms with Crippen molar-refractivity contribution < 1.29 is 26.5 Å². The van der Waals surface area contributed by atoms with E-state index in [0.29, 0.717) is 11.1 Å². The molecule has 1 fully saturated rings. The van der Waals surface area contributed by atoms with Crippen LogP contribution in [0.3, 0.4) is 0 Å². The molecule has 0 spiro atoms. The zero-order chi connectivity index (χ0) is 16.6. The summed E-state index contributed by atoms with van der Waals surface area (Å²) in [6.07, 6.45) is 5.08. The van der Waals surface area contributed by atoms with Gasteiger partial charge in [0.05, 0.1) is 6.61 Å². The highest BCUT2D eigenvalue weighted by atomic mass is 79.9. The number of ether oxygens (including phenoxy) is 1. The summed E-state index contributed by atoms with van der Waals surface area (Å²) in [4.78, 5) is 14.9. The van der Waals surface area contributed by atoms with Gasteiger partial charge in [-0.3, -0.25) is 4.79 Å². The number of benzene rings is 2. The third kappa shape index (κ3) is 5.98. The summed E-state index contributed by atoms with van der Waals surface area (Å²) in [5, 5.41) is 0. The molecular formula is C21H25BrNO2-. The van der Waals surface area contributed by atoms with Crippen LogP contribution >= 0.6 is 0 Å². The van der Waals surface area contributed by atoms with Crippen LogP contribution in [0.1, 0.15) is 41.6 Å². The highest BCUT2D eigenvalue weighted by Crippen LogP contribution is 2.16. The maximum Gasteiger partial charge on any atom is 0.193 e. The molecule has 2 aromatic carbocycles. The largest absolute Gasteiger partial charge is 1.00 e. The topological polar surface area (TPSA) is 29.5 Å². The lowest BCUT2D eigenvalue weighted by atomic mass is 10.0. The normalized spacial score (nSPS) is 14.6. The Morgan fingerprint density at radius 2 is 1.52 bits per heavy atom. The van der Waals surface area contributed by atoms with Crippen LogP contribution in [0.15, 0.2) is 54.6 Å². The van der Waals surface area contributed by atoms with Crippen LogP contribution in [0.5, 0.6) is 5.75 Å². The molecule has 1 aliphatic rings. The molecule has 0 radical (unpaired) electrons. The zero-order valence-corrected chi connectivity index (χ0v) is 16.1. The summed E-state index contributed by atoms with van der Waals surface area (Å²) >= 11 is 0. The van der Waals surface area contributed by atoms with Gasteiger partial charge < -0.3 is 26.6 Å². The fraction of sp³-hybridized carbons (Fsp3) is 0.381. The van der Waals surface area contributed by atoms with E-state index in [2.05, 4.69) is 4.90 Å². The average Bonchev–Trinajstić information content (AvgIpc) is 2.67. The minimum absolute atomic E-state index is 0. The number of halogens is 1. The Kier molecular flexibility index (Phi) is 8.16. The number of hydrogen-bond donors (Lipinski definition) is 0. The number of hydrogen-bond acceptors (Lipinski definition) is 3. The van der Waals surface area contributed by atoms with Gasteiger partial charge in [0.15, 0.2) is 5.78 Å². The molecular weight excluding hydrogens is 378 g/mol. The fourth-order valence-electron chi connectivity index (χ4n) is 3.12. The zero-order valence-electron chi connectivity index (χ0n) is 14.5. The number of carbonyl (C=O) groups excluding carboxylic acids is 1. The van der Waals surface area contributed by atoms with E-state index in [-0.39, 0.29) is 22.8 Å². The van der Waals surface area contributed by atoms with Gasteiger partial charge in [0.2, 0.25) is 0 Å². The molecule has 0 atom stereocenters. The summed E-state index contributed by atoms with van der Waals surface area (Å²) in [5.74, 6) is 0.880. The van der Waals surface area contributed by atoms with Gasteiger partial charge in [0.1, 0.15) is 5.75 Å². The van der Waals surface area contributed by atoms with E-state index in [1.807, 2.05) is 54.6 Å². The van der Waals surface area contributed by atoms with Crippen molar-refractivity contribution in [2.24, 2.45) is 0 Å². The maximum atomic E-state index is 12.3. The Hall–Kier alpha value is -1.65. The van der Waals surface area contributed by atoms with Gasteiger partial charge in [-0.1, -0.05) is 36.8 Å². The molecule has 134 valence electrons. The summed E-state index contributed by atoms with van der Waals surface area (Å²) in [6, 6.07) is 16.8. The second-order valence-electron chi connectivity index (χ2n) is 6.32. The summed E-state index contributed by atoms with van der Waals surface area (Å²) in [6.45, 7) is 4.31. The Bertz CT molecular complexity index is 637. The first-order chi connectivity index (χ1) is 11.8. The third-order valence-electron chi connectivity index (χ3n) is 4.49. The van der Waals surface area contributed by atoms with Crippen LogP contribution in [0.25, 0.3) is 0 Å². The maximum absolute atomic E-state index is 12.3. The quantitative estimate of drug-likeness (QED) is 0.514. The predicted octanol–water partition coefficient (Wildman–Crippen LogP) is 1.18. The Morgan fingerprint density at radius 3 is 2.20 bits per heavy atom.